The number of carboxylic acids is 1. The van der Waals surface area contributed by atoms with Crippen molar-refractivity contribution in [3.63, 3.8) is 0 Å². The summed E-state index contributed by atoms with van der Waals surface area (Å²) >= 11 is 0. The first kappa shape index (κ1) is 17.5. The van der Waals surface area contributed by atoms with Gasteiger partial charge in [-0.25, -0.2) is 4.57 Å². The minimum absolute atomic E-state index is 0.0317. The lowest BCUT2D eigenvalue weighted by Crippen LogP contribution is -2.34. The second-order valence-corrected chi connectivity index (χ2v) is 5.22. The topological polar surface area (TPSA) is 128 Å². The molecule has 0 amide bonds. The highest BCUT2D eigenvalue weighted by molar-refractivity contribution is 7.47. The maximum atomic E-state index is 11.3. The van der Waals surface area contributed by atoms with E-state index < -0.39 is 26.4 Å². The lowest BCUT2D eigenvalue weighted by atomic mass is 10.2. The lowest BCUT2D eigenvalue weighted by Gasteiger charge is -2.16. The number of rotatable bonds is 10. The van der Waals surface area contributed by atoms with Gasteiger partial charge in [0.05, 0.1) is 19.8 Å². The second kappa shape index (κ2) is 8.58. The molecule has 0 spiro atoms. The smallest absolute Gasteiger partial charge is 0.472 e. The summed E-state index contributed by atoms with van der Waals surface area (Å²) in [6.45, 7) is 3.93. The summed E-state index contributed by atoms with van der Waals surface area (Å²) in [6.07, 6.45) is 0. The van der Waals surface area contributed by atoms with Crippen molar-refractivity contribution in [3.05, 3.63) is 0 Å². The standard InChI is InChI=1S/C9H20NO7P/c1-3-15-4-7(2)5-16-18(13,14)17-6-8(10)9(11)12/h7-8H,3-6,10H2,1-2H3,(H,11,12)(H,13,14). The fraction of sp³-hybridized carbons (Fsp3) is 0.889. The highest BCUT2D eigenvalue weighted by Gasteiger charge is 2.25. The number of aliphatic carboxylic acids is 1. The Labute approximate surface area is 106 Å². The van der Waals surface area contributed by atoms with Gasteiger partial charge in [0.15, 0.2) is 0 Å². The highest BCUT2D eigenvalue weighted by atomic mass is 31.2. The quantitative estimate of drug-likeness (QED) is 0.486. The van der Waals surface area contributed by atoms with Crippen LogP contribution in [0.15, 0.2) is 0 Å². The van der Waals surface area contributed by atoms with Gasteiger partial charge in [0.1, 0.15) is 6.04 Å². The van der Waals surface area contributed by atoms with Crippen molar-refractivity contribution in [1.29, 1.82) is 0 Å². The largest absolute Gasteiger partial charge is 0.480 e. The molecule has 0 aromatic heterocycles. The summed E-state index contributed by atoms with van der Waals surface area (Å²) in [5, 5.41) is 8.46. The number of nitrogens with two attached hydrogens (primary N) is 1. The Morgan fingerprint density at radius 2 is 1.89 bits per heavy atom. The molecule has 4 N–H and O–H groups in total. The van der Waals surface area contributed by atoms with Gasteiger partial charge in [-0.05, 0) is 6.92 Å². The van der Waals surface area contributed by atoms with E-state index in [-0.39, 0.29) is 12.5 Å². The Morgan fingerprint density at radius 1 is 1.33 bits per heavy atom. The number of ether oxygens (including phenoxy) is 1. The first-order valence-electron chi connectivity index (χ1n) is 5.46. The van der Waals surface area contributed by atoms with E-state index >= 15 is 0 Å². The summed E-state index contributed by atoms with van der Waals surface area (Å²) in [7, 11) is -4.27. The molecule has 0 aliphatic rings. The van der Waals surface area contributed by atoms with Crippen LogP contribution in [0, 0.1) is 5.92 Å². The van der Waals surface area contributed by atoms with Gasteiger partial charge in [-0.1, -0.05) is 6.92 Å². The van der Waals surface area contributed by atoms with E-state index in [0.717, 1.165) is 0 Å². The normalized spacial score (nSPS) is 18.0. The fourth-order valence-electron chi connectivity index (χ4n) is 0.872. The van der Waals surface area contributed by atoms with Crippen molar-refractivity contribution < 1.29 is 33.1 Å². The van der Waals surface area contributed by atoms with Crippen LogP contribution in [0.1, 0.15) is 13.8 Å². The molecule has 0 rings (SSSR count). The SMILES string of the molecule is CCOCC(C)COP(=O)(O)OCC(N)C(=O)O. The van der Waals surface area contributed by atoms with Crippen molar-refractivity contribution in [3.8, 4) is 0 Å². The number of carbonyl (C=O) groups is 1. The third kappa shape index (κ3) is 8.57. The molecule has 0 fully saturated rings. The molecule has 0 aromatic carbocycles. The minimum atomic E-state index is -4.27. The van der Waals surface area contributed by atoms with Gasteiger partial charge >= 0.3 is 13.8 Å². The predicted octanol–water partition coefficient (Wildman–Crippen LogP) is 0.205. The van der Waals surface area contributed by atoms with E-state index in [1.165, 1.54) is 0 Å². The maximum absolute atomic E-state index is 11.3. The van der Waals surface area contributed by atoms with Crippen molar-refractivity contribution in [2.45, 2.75) is 19.9 Å². The summed E-state index contributed by atoms with van der Waals surface area (Å²) < 4.78 is 25.6. The van der Waals surface area contributed by atoms with Crippen molar-refractivity contribution in [2.75, 3.05) is 26.4 Å². The van der Waals surface area contributed by atoms with E-state index in [2.05, 4.69) is 9.05 Å². The zero-order valence-electron chi connectivity index (χ0n) is 10.4. The number of phosphoric ester groups is 1. The molecule has 0 bridgehead atoms. The molecule has 0 aromatic rings. The molecule has 0 heterocycles. The number of hydrogen-bond acceptors (Lipinski definition) is 6. The molecule has 3 unspecified atom stereocenters. The lowest BCUT2D eigenvalue weighted by molar-refractivity contribution is -0.139. The Hall–Kier alpha value is -0.500. The second-order valence-electron chi connectivity index (χ2n) is 3.77. The van der Waals surface area contributed by atoms with Crippen LogP contribution in [-0.4, -0.2) is 48.4 Å². The van der Waals surface area contributed by atoms with Crippen LogP contribution in [0.25, 0.3) is 0 Å². The molecule has 9 heteroatoms. The summed E-state index contributed by atoms with van der Waals surface area (Å²) in [5.74, 6) is -1.40. The van der Waals surface area contributed by atoms with Crippen LogP contribution in [0.2, 0.25) is 0 Å². The third-order valence-corrected chi connectivity index (χ3v) is 2.81. The molecule has 0 aliphatic carbocycles. The molecule has 0 saturated carbocycles. The predicted molar refractivity (Wildman–Crippen MR) is 63.0 cm³/mol. The summed E-state index contributed by atoms with van der Waals surface area (Å²) in [6, 6.07) is -1.37. The van der Waals surface area contributed by atoms with Crippen LogP contribution in [-0.2, 0) is 23.1 Å². The Kier molecular flexibility index (Phi) is 8.34. The monoisotopic (exact) mass is 285 g/mol. The Bertz CT molecular complexity index is 299. The van der Waals surface area contributed by atoms with Crippen LogP contribution >= 0.6 is 7.82 Å². The van der Waals surface area contributed by atoms with Crippen LogP contribution in [0.3, 0.4) is 0 Å². The molecule has 8 nitrogen and oxygen atoms in total. The van der Waals surface area contributed by atoms with Gasteiger partial charge < -0.3 is 20.5 Å². The summed E-state index contributed by atoms with van der Waals surface area (Å²) in [4.78, 5) is 19.6. The molecule has 0 aliphatic heterocycles. The van der Waals surface area contributed by atoms with E-state index in [1.807, 2.05) is 6.92 Å². The highest BCUT2D eigenvalue weighted by Crippen LogP contribution is 2.43. The average Bonchev–Trinajstić information content (AvgIpc) is 2.30. The van der Waals surface area contributed by atoms with Crippen LogP contribution < -0.4 is 5.73 Å². The fourth-order valence-corrected chi connectivity index (χ4v) is 1.74. The first-order valence-corrected chi connectivity index (χ1v) is 6.96. The number of carboxylic acid groups (broad SMARTS) is 1. The summed E-state index contributed by atoms with van der Waals surface area (Å²) in [5.41, 5.74) is 5.11. The molecule has 3 atom stereocenters. The Morgan fingerprint density at radius 3 is 2.39 bits per heavy atom. The van der Waals surface area contributed by atoms with Gasteiger partial charge in [0.2, 0.25) is 0 Å². The van der Waals surface area contributed by atoms with Crippen LogP contribution in [0.5, 0.6) is 0 Å². The van der Waals surface area contributed by atoms with Gasteiger partial charge in [0, 0.05) is 12.5 Å². The molecular weight excluding hydrogens is 265 g/mol. The van der Waals surface area contributed by atoms with Crippen molar-refractivity contribution in [1.82, 2.24) is 0 Å². The number of hydrogen-bond donors (Lipinski definition) is 3. The van der Waals surface area contributed by atoms with E-state index in [4.69, 9.17) is 15.6 Å². The molecule has 108 valence electrons. The zero-order chi connectivity index (χ0) is 14.2. The Balaban J connectivity index is 3.93. The van der Waals surface area contributed by atoms with E-state index in [0.29, 0.717) is 13.2 Å². The average molecular weight is 285 g/mol. The van der Waals surface area contributed by atoms with Gasteiger partial charge in [-0.3, -0.25) is 13.8 Å². The third-order valence-electron chi connectivity index (χ3n) is 1.86. The van der Waals surface area contributed by atoms with Gasteiger partial charge in [0.25, 0.3) is 0 Å². The number of phosphoric acid groups is 1. The minimum Gasteiger partial charge on any atom is -0.480 e. The van der Waals surface area contributed by atoms with Crippen LogP contribution in [0.4, 0.5) is 0 Å². The van der Waals surface area contributed by atoms with Crippen molar-refractivity contribution in [2.24, 2.45) is 11.7 Å². The molecular formula is C9H20NO7P. The molecule has 0 radical (unpaired) electrons. The first-order chi connectivity index (χ1) is 8.28. The molecule has 18 heavy (non-hydrogen) atoms. The maximum Gasteiger partial charge on any atom is 0.472 e. The van der Waals surface area contributed by atoms with Gasteiger partial charge in [-0.15, -0.1) is 0 Å². The zero-order valence-corrected chi connectivity index (χ0v) is 11.3. The van der Waals surface area contributed by atoms with E-state index in [9.17, 15) is 14.3 Å². The van der Waals surface area contributed by atoms with Gasteiger partial charge in [-0.2, -0.15) is 0 Å². The van der Waals surface area contributed by atoms with E-state index in [1.54, 1.807) is 6.92 Å². The molecule has 0 saturated heterocycles. The van der Waals surface area contributed by atoms with Crippen molar-refractivity contribution >= 4 is 13.8 Å².